The zero-order valence-corrected chi connectivity index (χ0v) is 17.0. The number of nitro groups is 1. The van der Waals surface area contributed by atoms with Crippen LogP contribution in [0.25, 0.3) is 0 Å². The first kappa shape index (κ1) is 21.0. The van der Waals surface area contributed by atoms with E-state index in [9.17, 15) is 23.3 Å². The summed E-state index contributed by atoms with van der Waals surface area (Å²) in [5.74, 6) is -0.374. The fourth-order valence-corrected chi connectivity index (χ4v) is 3.64. The molecule has 154 valence electrons. The first-order valence-corrected chi connectivity index (χ1v) is 10.2. The molecule has 30 heavy (non-hydrogen) atoms. The van der Waals surface area contributed by atoms with E-state index in [1.807, 2.05) is 26.0 Å². The second-order valence-electron chi connectivity index (χ2n) is 6.52. The van der Waals surface area contributed by atoms with Crippen molar-refractivity contribution in [1.29, 1.82) is 0 Å². The summed E-state index contributed by atoms with van der Waals surface area (Å²) >= 11 is 0. The second kappa shape index (κ2) is 8.34. The standard InChI is InChI=1S/C21H18N2O6S/c1-14-5-3-8-20(15(14)2)22-21(24)16-9-11-18(12-10-16)29-30(27,28)19-7-4-6-17(13-19)23(25)26/h3-13H,1-2H3,(H,22,24). The Morgan fingerprint density at radius 1 is 1.00 bits per heavy atom. The van der Waals surface area contributed by atoms with Crippen LogP contribution in [0.2, 0.25) is 0 Å². The van der Waals surface area contributed by atoms with Gasteiger partial charge in [-0.2, -0.15) is 8.42 Å². The molecule has 0 aliphatic rings. The zero-order chi connectivity index (χ0) is 21.9. The van der Waals surface area contributed by atoms with Crippen molar-refractivity contribution in [2.24, 2.45) is 0 Å². The molecule has 0 fully saturated rings. The maximum atomic E-state index is 12.5. The number of aryl methyl sites for hydroxylation is 1. The van der Waals surface area contributed by atoms with Crippen molar-refractivity contribution in [2.75, 3.05) is 5.32 Å². The number of hydrogen-bond acceptors (Lipinski definition) is 6. The summed E-state index contributed by atoms with van der Waals surface area (Å²) in [5, 5.41) is 13.7. The van der Waals surface area contributed by atoms with Crippen LogP contribution in [0.1, 0.15) is 21.5 Å². The number of amides is 1. The molecule has 0 radical (unpaired) electrons. The fourth-order valence-electron chi connectivity index (χ4n) is 2.67. The van der Waals surface area contributed by atoms with Gasteiger partial charge in [0.05, 0.1) is 4.92 Å². The minimum Gasteiger partial charge on any atom is -0.379 e. The van der Waals surface area contributed by atoms with Gasteiger partial charge in [-0.15, -0.1) is 0 Å². The summed E-state index contributed by atoms with van der Waals surface area (Å²) in [7, 11) is -4.27. The van der Waals surface area contributed by atoms with Gasteiger partial charge in [-0.1, -0.05) is 18.2 Å². The number of benzene rings is 3. The molecule has 0 aliphatic heterocycles. The maximum Gasteiger partial charge on any atom is 0.339 e. The average Bonchev–Trinajstić information content (AvgIpc) is 2.71. The summed E-state index contributed by atoms with van der Waals surface area (Å²) in [6.07, 6.45) is 0. The molecular weight excluding hydrogens is 408 g/mol. The summed E-state index contributed by atoms with van der Waals surface area (Å²) in [4.78, 5) is 22.3. The van der Waals surface area contributed by atoms with Crippen molar-refractivity contribution in [1.82, 2.24) is 0 Å². The quantitative estimate of drug-likeness (QED) is 0.358. The highest BCUT2D eigenvalue weighted by Crippen LogP contribution is 2.23. The predicted octanol–water partition coefficient (Wildman–Crippen LogP) is 4.23. The molecule has 1 N–H and O–H groups in total. The monoisotopic (exact) mass is 426 g/mol. The molecule has 8 nitrogen and oxygen atoms in total. The molecule has 9 heteroatoms. The molecule has 0 saturated carbocycles. The van der Waals surface area contributed by atoms with Crippen molar-refractivity contribution in [3.05, 3.63) is 93.5 Å². The molecule has 0 heterocycles. The van der Waals surface area contributed by atoms with Crippen molar-refractivity contribution in [3.8, 4) is 5.75 Å². The molecular formula is C21H18N2O6S. The van der Waals surface area contributed by atoms with Gasteiger partial charge in [0.2, 0.25) is 0 Å². The number of anilines is 1. The summed E-state index contributed by atoms with van der Waals surface area (Å²) in [6, 6.07) is 15.7. The molecule has 0 aromatic heterocycles. The average molecular weight is 426 g/mol. The highest BCUT2D eigenvalue weighted by molar-refractivity contribution is 7.87. The molecule has 1 amide bonds. The van der Waals surface area contributed by atoms with Crippen LogP contribution in [0.3, 0.4) is 0 Å². The largest absolute Gasteiger partial charge is 0.379 e. The minimum atomic E-state index is -4.27. The van der Waals surface area contributed by atoms with Crippen LogP contribution in [0.5, 0.6) is 5.75 Å². The van der Waals surface area contributed by atoms with Crippen LogP contribution in [0, 0.1) is 24.0 Å². The van der Waals surface area contributed by atoms with Gasteiger partial charge in [0.25, 0.3) is 11.6 Å². The van der Waals surface area contributed by atoms with Crippen molar-refractivity contribution in [2.45, 2.75) is 18.7 Å². The second-order valence-corrected chi connectivity index (χ2v) is 8.06. The maximum absolute atomic E-state index is 12.5. The summed E-state index contributed by atoms with van der Waals surface area (Å²) < 4.78 is 29.8. The number of carbonyl (C=O) groups is 1. The van der Waals surface area contributed by atoms with E-state index in [1.165, 1.54) is 42.5 Å². The molecule has 0 atom stereocenters. The molecule has 0 unspecified atom stereocenters. The topological polar surface area (TPSA) is 116 Å². The smallest absolute Gasteiger partial charge is 0.339 e. The predicted molar refractivity (Wildman–Crippen MR) is 111 cm³/mol. The Hall–Kier alpha value is -3.72. The molecule has 3 aromatic carbocycles. The normalized spacial score (nSPS) is 11.0. The number of non-ortho nitro benzene ring substituents is 1. The molecule has 0 saturated heterocycles. The molecule has 3 rings (SSSR count). The van der Waals surface area contributed by atoms with Crippen molar-refractivity contribution >= 4 is 27.4 Å². The summed E-state index contributed by atoms with van der Waals surface area (Å²) in [5.41, 5.74) is 2.64. The minimum absolute atomic E-state index is 0.0233. The first-order chi connectivity index (χ1) is 14.2. The van der Waals surface area contributed by atoms with Gasteiger partial charge in [-0.05, 0) is 61.4 Å². The van der Waals surface area contributed by atoms with Crippen molar-refractivity contribution in [3.63, 3.8) is 0 Å². The van der Waals surface area contributed by atoms with Crippen LogP contribution in [0.15, 0.2) is 71.6 Å². The number of nitrogens with zero attached hydrogens (tertiary/aromatic N) is 1. The number of hydrogen-bond donors (Lipinski definition) is 1. The fraction of sp³-hybridized carbons (Fsp3) is 0.0952. The van der Waals surface area contributed by atoms with Crippen LogP contribution in [-0.2, 0) is 10.1 Å². The number of rotatable bonds is 6. The van der Waals surface area contributed by atoms with Crippen LogP contribution in [-0.4, -0.2) is 19.2 Å². The Morgan fingerprint density at radius 2 is 1.67 bits per heavy atom. The third-order valence-electron chi connectivity index (χ3n) is 4.49. The van der Waals surface area contributed by atoms with E-state index in [-0.39, 0.29) is 22.2 Å². The third-order valence-corrected chi connectivity index (χ3v) is 5.74. The van der Waals surface area contributed by atoms with Gasteiger partial charge < -0.3 is 9.50 Å². The third kappa shape index (κ3) is 4.64. The molecule has 0 aliphatic carbocycles. The lowest BCUT2D eigenvalue weighted by molar-refractivity contribution is -0.385. The summed E-state index contributed by atoms with van der Waals surface area (Å²) in [6.45, 7) is 3.85. The number of carbonyl (C=O) groups excluding carboxylic acids is 1. The Balaban J connectivity index is 1.75. The Morgan fingerprint density at radius 3 is 2.33 bits per heavy atom. The Bertz CT molecular complexity index is 1220. The highest BCUT2D eigenvalue weighted by atomic mass is 32.2. The number of nitro benzene ring substituents is 1. The lowest BCUT2D eigenvalue weighted by Gasteiger charge is -2.11. The molecule has 0 spiro atoms. The van der Waals surface area contributed by atoms with Gasteiger partial charge in [0, 0.05) is 23.4 Å². The van der Waals surface area contributed by atoms with Crippen LogP contribution in [0.4, 0.5) is 11.4 Å². The van der Waals surface area contributed by atoms with Gasteiger partial charge in [-0.25, -0.2) is 0 Å². The van der Waals surface area contributed by atoms with E-state index < -0.39 is 15.0 Å². The Kier molecular flexibility index (Phi) is 5.84. The van der Waals surface area contributed by atoms with Crippen LogP contribution >= 0.6 is 0 Å². The number of nitrogens with one attached hydrogen (secondary N) is 1. The van der Waals surface area contributed by atoms with Gasteiger partial charge in [-0.3, -0.25) is 14.9 Å². The molecule has 0 bridgehead atoms. The lowest BCUT2D eigenvalue weighted by Crippen LogP contribution is -2.13. The van der Waals surface area contributed by atoms with E-state index in [1.54, 1.807) is 6.07 Å². The van der Waals surface area contributed by atoms with Crippen molar-refractivity contribution < 1.29 is 22.3 Å². The first-order valence-electron chi connectivity index (χ1n) is 8.84. The van der Waals surface area contributed by atoms with Crippen LogP contribution < -0.4 is 9.50 Å². The molecule has 3 aromatic rings. The van der Waals surface area contributed by atoms with Gasteiger partial charge >= 0.3 is 10.1 Å². The van der Waals surface area contributed by atoms with Gasteiger partial charge in [0.15, 0.2) is 0 Å². The SMILES string of the molecule is Cc1cccc(NC(=O)c2ccc(OS(=O)(=O)c3cccc([N+](=O)[O-])c3)cc2)c1C. The lowest BCUT2D eigenvalue weighted by atomic mass is 10.1. The van der Waals surface area contributed by atoms with E-state index in [4.69, 9.17) is 4.18 Å². The van der Waals surface area contributed by atoms with Gasteiger partial charge in [0.1, 0.15) is 10.6 Å². The van der Waals surface area contributed by atoms with E-state index in [0.717, 1.165) is 17.2 Å². The van der Waals surface area contributed by atoms with E-state index in [0.29, 0.717) is 11.3 Å². The highest BCUT2D eigenvalue weighted by Gasteiger charge is 2.20. The van der Waals surface area contributed by atoms with E-state index in [2.05, 4.69) is 5.32 Å². The Labute approximate surface area is 173 Å². The zero-order valence-electron chi connectivity index (χ0n) is 16.2. The van der Waals surface area contributed by atoms with E-state index >= 15 is 0 Å².